The van der Waals surface area contributed by atoms with E-state index in [1.165, 1.54) is 0 Å². The average Bonchev–Trinajstić information content (AvgIpc) is 2.48. The zero-order valence-electron chi connectivity index (χ0n) is 12.0. The Morgan fingerprint density at radius 1 is 1.33 bits per heavy atom. The van der Waals surface area contributed by atoms with Gasteiger partial charge in [-0.05, 0) is 43.7 Å². The van der Waals surface area contributed by atoms with Gasteiger partial charge in [0, 0.05) is 6.20 Å². The van der Waals surface area contributed by atoms with Gasteiger partial charge in [0.2, 0.25) is 0 Å². The fourth-order valence-corrected chi connectivity index (χ4v) is 2.14. The van der Waals surface area contributed by atoms with Crippen LogP contribution in [0.4, 0.5) is 0 Å². The van der Waals surface area contributed by atoms with Gasteiger partial charge < -0.3 is 10.1 Å². The highest BCUT2D eigenvalue weighted by atomic mass is 35.5. The SMILES string of the molecule is CCOc1ccc(C(C)NC(=O)c2cccnc2Cl)cc1. The van der Waals surface area contributed by atoms with E-state index in [0.29, 0.717) is 12.2 Å². The predicted octanol–water partition coefficient (Wildman–Crippen LogP) is 3.62. The first kappa shape index (κ1) is 15.3. The second-order valence-corrected chi connectivity index (χ2v) is 4.90. The molecule has 0 aliphatic rings. The summed E-state index contributed by atoms with van der Waals surface area (Å²) in [5, 5.41) is 3.10. The lowest BCUT2D eigenvalue weighted by atomic mass is 10.1. The second kappa shape index (κ2) is 7.09. The van der Waals surface area contributed by atoms with Crippen LogP contribution in [0.1, 0.15) is 35.8 Å². The molecule has 1 unspecified atom stereocenters. The molecule has 0 saturated heterocycles. The van der Waals surface area contributed by atoms with Crippen molar-refractivity contribution in [3.05, 3.63) is 58.9 Å². The topological polar surface area (TPSA) is 51.2 Å². The van der Waals surface area contributed by atoms with E-state index in [-0.39, 0.29) is 17.1 Å². The lowest BCUT2D eigenvalue weighted by molar-refractivity contribution is 0.0939. The summed E-state index contributed by atoms with van der Waals surface area (Å²) < 4.78 is 5.39. The summed E-state index contributed by atoms with van der Waals surface area (Å²) in [6, 6.07) is 10.8. The Kier molecular flexibility index (Phi) is 5.17. The lowest BCUT2D eigenvalue weighted by Crippen LogP contribution is -2.27. The van der Waals surface area contributed by atoms with Crippen LogP contribution >= 0.6 is 11.6 Å². The molecule has 1 heterocycles. The minimum Gasteiger partial charge on any atom is -0.494 e. The van der Waals surface area contributed by atoms with E-state index in [9.17, 15) is 4.79 Å². The highest BCUT2D eigenvalue weighted by Gasteiger charge is 2.14. The number of hydrogen-bond acceptors (Lipinski definition) is 3. The van der Waals surface area contributed by atoms with Crippen LogP contribution in [0.15, 0.2) is 42.6 Å². The molecule has 1 atom stereocenters. The molecule has 2 rings (SSSR count). The number of benzene rings is 1. The maximum Gasteiger partial charge on any atom is 0.254 e. The molecule has 0 saturated carbocycles. The monoisotopic (exact) mass is 304 g/mol. The molecule has 2 aromatic rings. The summed E-state index contributed by atoms with van der Waals surface area (Å²) in [5.41, 5.74) is 1.36. The summed E-state index contributed by atoms with van der Waals surface area (Å²) in [6.07, 6.45) is 1.55. The molecule has 21 heavy (non-hydrogen) atoms. The maximum absolute atomic E-state index is 12.2. The van der Waals surface area contributed by atoms with Crippen LogP contribution in [0.2, 0.25) is 5.15 Å². The van der Waals surface area contributed by atoms with E-state index in [2.05, 4.69) is 10.3 Å². The van der Waals surface area contributed by atoms with Crippen LogP contribution in [-0.4, -0.2) is 17.5 Å². The number of nitrogens with zero attached hydrogens (tertiary/aromatic N) is 1. The first-order valence-electron chi connectivity index (χ1n) is 6.76. The number of nitrogens with one attached hydrogen (secondary N) is 1. The van der Waals surface area contributed by atoms with Gasteiger partial charge in [-0.3, -0.25) is 4.79 Å². The van der Waals surface area contributed by atoms with Gasteiger partial charge in [-0.2, -0.15) is 0 Å². The van der Waals surface area contributed by atoms with Crippen molar-refractivity contribution < 1.29 is 9.53 Å². The molecule has 0 spiro atoms. The Balaban J connectivity index is 2.05. The minimum atomic E-state index is -0.241. The molecular formula is C16H17ClN2O2. The van der Waals surface area contributed by atoms with Crippen LogP contribution in [0, 0.1) is 0 Å². The Morgan fingerprint density at radius 2 is 2.05 bits per heavy atom. The number of pyridine rings is 1. The number of amides is 1. The fraction of sp³-hybridized carbons (Fsp3) is 0.250. The van der Waals surface area contributed by atoms with Gasteiger partial charge in [-0.1, -0.05) is 23.7 Å². The van der Waals surface area contributed by atoms with Crippen molar-refractivity contribution in [2.24, 2.45) is 0 Å². The zero-order chi connectivity index (χ0) is 15.2. The summed E-state index contributed by atoms with van der Waals surface area (Å²) in [4.78, 5) is 16.1. The van der Waals surface area contributed by atoms with Crippen molar-refractivity contribution >= 4 is 17.5 Å². The smallest absolute Gasteiger partial charge is 0.254 e. The van der Waals surface area contributed by atoms with Crippen molar-refractivity contribution in [3.8, 4) is 5.75 Å². The van der Waals surface area contributed by atoms with Gasteiger partial charge in [0.15, 0.2) is 0 Å². The summed E-state index contributed by atoms with van der Waals surface area (Å²) in [6.45, 7) is 4.48. The number of hydrogen-bond donors (Lipinski definition) is 1. The number of aromatic nitrogens is 1. The quantitative estimate of drug-likeness (QED) is 0.858. The van der Waals surface area contributed by atoms with Gasteiger partial charge >= 0.3 is 0 Å². The lowest BCUT2D eigenvalue weighted by Gasteiger charge is -2.15. The highest BCUT2D eigenvalue weighted by Crippen LogP contribution is 2.19. The number of halogens is 1. The van der Waals surface area contributed by atoms with Crippen molar-refractivity contribution in [1.29, 1.82) is 0 Å². The minimum absolute atomic E-state index is 0.135. The molecule has 1 N–H and O–H groups in total. The van der Waals surface area contributed by atoms with E-state index in [4.69, 9.17) is 16.3 Å². The van der Waals surface area contributed by atoms with E-state index in [0.717, 1.165) is 11.3 Å². The summed E-state index contributed by atoms with van der Waals surface area (Å²) in [5.74, 6) is 0.574. The number of carbonyl (C=O) groups excluding carboxylic acids is 1. The van der Waals surface area contributed by atoms with Crippen molar-refractivity contribution in [2.45, 2.75) is 19.9 Å². The largest absolute Gasteiger partial charge is 0.494 e. The van der Waals surface area contributed by atoms with Gasteiger partial charge in [-0.25, -0.2) is 4.98 Å². The van der Waals surface area contributed by atoms with E-state index < -0.39 is 0 Å². The Labute approximate surface area is 129 Å². The fourth-order valence-electron chi connectivity index (χ4n) is 1.93. The molecular weight excluding hydrogens is 288 g/mol. The molecule has 5 heteroatoms. The van der Waals surface area contributed by atoms with Crippen molar-refractivity contribution in [1.82, 2.24) is 10.3 Å². The molecule has 0 aliphatic heterocycles. The highest BCUT2D eigenvalue weighted by molar-refractivity contribution is 6.32. The molecule has 0 aliphatic carbocycles. The van der Waals surface area contributed by atoms with Crippen molar-refractivity contribution in [3.63, 3.8) is 0 Å². The molecule has 0 fully saturated rings. The Hall–Kier alpha value is -2.07. The van der Waals surface area contributed by atoms with Gasteiger partial charge in [0.1, 0.15) is 10.9 Å². The molecule has 1 aromatic heterocycles. The van der Waals surface area contributed by atoms with Crippen LogP contribution in [0.3, 0.4) is 0 Å². The Bertz CT molecular complexity index is 614. The van der Waals surface area contributed by atoms with Gasteiger partial charge in [-0.15, -0.1) is 0 Å². The maximum atomic E-state index is 12.2. The van der Waals surface area contributed by atoms with Crippen LogP contribution < -0.4 is 10.1 Å². The first-order chi connectivity index (χ1) is 10.1. The number of carbonyl (C=O) groups is 1. The molecule has 0 bridgehead atoms. The molecule has 0 radical (unpaired) electrons. The number of rotatable bonds is 5. The van der Waals surface area contributed by atoms with E-state index in [1.807, 2.05) is 38.1 Å². The molecule has 110 valence electrons. The molecule has 1 amide bonds. The number of ether oxygens (including phenoxy) is 1. The predicted molar refractivity (Wildman–Crippen MR) is 82.7 cm³/mol. The van der Waals surface area contributed by atoms with Crippen molar-refractivity contribution in [2.75, 3.05) is 6.61 Å². The first-order valence-corrected chi connectivity index (χ1v) is 7.13. The third-order valence-corrected chi connectivity index (χ3v) is 3.34. The zero-order valence-corrected chi connectivity index (χ0v) is 12.7. The van der Waals surface area contributed by atoms with Crippen LogP contribution in [0.5, 0.6) is 5.75 Å². The normalized spacial score (nSPS) is 11.8. The summed E-state index contributed by atoms with van der Waals surface area (Å²) >= 11 is 5.92. The standard InChI is InChI=1S/C16H17ClN2O2/c1-3-21-13-8-6-12(7-9-13)11(2)19-16(20)14-5-4-10-18-15(14)17/h4-11H,3H2,1-2H3,(H,19,20). The van der Waals surface area contributed by atoms with Gasteiger partial charge in [0.25, 0.3) is 5.91 Å². The average molecular weight is 305 g/mol. The summed E-state index contributed by atoms with van der Waals surface area (Å²) in [7, 11) is 0. The van der Waals surface area contributed by atoms with E-state index >= 15 is 0 Å². The molecule has 1 aromatic carbocycles. The Morgan fingerprint density at radius 3 is 2.67 bits per heavy atom. The molecule has 4 nitrogen and oxygen atoms in total. The van der Waals surface area contributed by atoms with E-state index in [1.54, 1.807) is 18.3 Å². The van der Waals surface area contributed by atoms with Crippen LogP contribution in [0.25, 0.3) is 0 Å². The third-order valence-electron chi connectivity index (χ3n) is 3.04. The van der Waals surface area contributed by atoms with Gasteiger partial charge in [0.05, 0.1) is 18.2 Å². The third kappa shape index (κ3) is 3.95. The second-order valence-electron chi connectivity index (χ2n) is 4.54. The van der Waals surface area contributed by atoms with Crippen LogP contribution in [-0.2, 0) is 0 Å².